The lowest BCUT2D eigenvalue weighted by Crippen LogP contribution is -2.42. The Hall–Kier alpha value is -3.29. The van der Waals surface area contributed by atoms with Gasteiger partial charge in [0.1, 0.15) is 5.69 Å². The van der Waals surface area contributed by atoms with Crippen LogP contribution in [0.4, 0.5) is 5.69 Å². The number of benzene rings is 1. The molecule has 0 bridgehead atoms. The predicted molar refractivity (Wildman–Crippen MR) is 85.0 cm³/mol. The van der Waals surface area contributed by atoms with E-state index < -0.39 is 11.8 Å². The average Bonchev–Trinajstić information content (AvgIpc) is 3.06. The maximum atomic E-state index is 12.2. The molecule has 0 atom stereocenters. The zero-order valence-electron chi connectivity index (χ0n) is 12.7. The van der Waals surface area contributed by atoms with E-state index in [1.165, 1.54) is 18.6 Å². The smallest absolute Gasteiger partial charge is 0.289 e. The van der Waals surface area contributed by atoms with Crippen LogP contribution in [0.15, 0.2) is 42.9 Å². The van der Waals surface area contributed by atoms with E-state index in [0.717, 1.165) is 6.42 Å². The monoisotopic (exact) mass is 325 g/mol. The highest BCUT2D eigenvalue weighted by atomic mass is 16.2. The van der Waals surface area contributed by atoms with E-state index in [9.17, 15) is 14.4 Å². The van der Waals surface area contributed by atoms with Crippen molar-refractivity contribution in [3.8, 4) is 0 Å². The van der Waals surface area contributed by atoms with Crippen LogP contribution in [0.25, 0.3) is 0 Å². The first-order valence-electron chi connectivity index (χ1n) is 7.42. The number of nitrogens with one attached hydrogen (secondary N) is 2. The summed E-state index contributed by atoms with van der Waals surface area (Å²) >= 11 is 0. The molecule has 1 aliphatic rings. The topological polar surface area (TPSA) is 104 Å². The lowest BCUT2D eigenvalue weighted by Gasteiger charge is -2.16. The van der Waals surface area contributed by atoms with Gasteiger partial charge >= 0.3 is 0 Å². The van der Waals surface area contributed by atoms with Gasteiger partial charge in [0.2, 0.25) is 5.91 Å². The fraction of sp³-hybridized carbons (Fsp3) is 0.188. The summed E-state index contributed by atoms with van der Waals surface area (Å²) in [6.07, 6.45) is 5.45. The number of carbonyl (C=O) groups excluding carboxylic acids is 3. The maximum Gasteiger partial charge on any atom is 0.289 e. The minimum Gasteiger partial charge on any atom is -0.312 e. The molecule has 0 spiro atoms. The number of hydrazine groups is 1. The number of aromatic nitrogens is 2. The van der Waals surface area contributed by atoms with Crippen molar-refractivity contribution in [3.05, 3.63) is 54.1 Å². The van der Waals surface area contributed by atoms with E-state index in [2.05, 4.69) is 20.8 Å². The van der Waals surface area contributed by atoms with Gasteiger partial charge in [0, 0.05) is 36.6 Å². The van der Waals surface area contributed by atoms with Gasteiger partial charge in [0.05, 0.1) is 6.20 Å². The molecule has 1 fully saturated rings. The molecule has 3 amide bonds. The summed E-state index contributed by atoms with van der Waals surface area (Å²) in [6, 6.07) is 6.69. The van der Waals surface area contributed by atoms with Crippen molar-refractivity contribution in [3.63, 3.8) is 0 Å². The molecule has 1 aromatic carbocycles. The molecule has 0 radical (unpaired) electrons. The SMILES string of the molecule is O=C(NNC(=O)c1cnccn1)c1cccc(N2CCCC2=O)c1. The van der Waals surface area contributed by atoms with Gasteiger partial charge in [0.25, 0.3) is 11.8 Å². The van der Waals surface area contributed by atoms with E-state index in [-0.39, 0.29) is 11.6 Å². The van der Waals surface area contributed by atoms with Gasteiger partial charge in [0.15, 0.2) is 0 Å². The second-order valence-corrected chi connectivity index (χ2v) is 5.20. The first kappa shape index (κ1) is 15.6. The van der Waals surface area contributed by atoms with Crippen LogP contribution in [-0.2, 0) is 4.79 Å². The Bertz CT molecular complexity index is 778. The number of rotatable bonds is 3. The second-order valence-electron chi connectivity index (χ2n) is 5.20. The van der Waals surface area contributed by atoms with Gasteiger partial charge in [-0.05, 0) is 24.6 Å². The Balaban J connectivity index is 1.65. The standard InChI is InChI=1S/C16H15N5O3/c22-14-5-2-8-21(14)12-4-1-3-11(9-12)15(23)19-20-16(24)13-10-17-6-7-18-13/h1,3-4,6-7,9-10H,2,5,8H2,(H,19,23)(H,20,24). The van der Waals surface area contributed by atoms with Crippen molar-refractivity contribution in [2.45, 2.75) is 12.8 Å². The number of nitrogens with zero attached hydrogens (tertiary/aromatic N) is 3. The Labute approximate surface area is 137 Å². The van der Waals surface area contributed by atoms with E-state index >= 15 is 0 Å². The Morgan fingerprint density at radius 2 is 1.96 bits per heavy atom. The number of hydrogen-bond acceptors (Lipinski definition) is 5. The lowest BCUT2D eigenvalue weighted by atomic mass is 10.2. The summed E-state index contributed by atoms with van der Waals surface area (Å²) in [5.41, 5.74) is 5.69. The maximum absolute atomic E-state index is 12.2. The summed E-state index contributed by atoms with van der Waals surface area (Å²) in [5, 5.41) is 0. The van der Waals surface area contributed by atoms with Crippen LogP contribution >= 0.6 is 0 Å². The molecular formula is C16H15N5O3. The Morgan fingerprint density at radius 1 is 1.12 bits per heavy atom. The van der Waals surface area contributed by atoms with Crippen molar-refractivity contribution in [2.24, 2.45) is 0 Å². The molecule has 1 aromatic heterocycles. The summed E-state index contributed by atoms with van der Waals surface area (Å²) in [7, 11) is 0. The Kier molecular flexibility index (Phi) is 4.46. The zero-order chi connectivity index (χ0) is 16.9. The molecule has 3 rings (SSSR count). The molecule has 1 aliphatic heterocycles. The van der Waals surface area contributed by atoms with Crippen LogP contribution in [0.3, 0.4) is 0 Å². The molecule has 122 valence electrons. The summed E-state index contributed by atoms with van der Waals surface area (Å²) < 4.78 is 0. The number of amides is 3. The molecule has 8 heteroatoms. The van der Waals surface area contributed by atoms with E-state index in [0.29, 0.717) is 24.2 Å². The molecule has 8 nitrogen and oxygen atoms in total. The first-order chi connectivity index (χ1) is 11.6. The van der Waals surface area contributed by atoms with Crippen molar-refractivity contribution in [2.75, 3.05) is 11.4 Å². The Morgan fingerprint density at radius 3 is 2.67 bits per heavy atom. The summed E-state index contributed by atoms with van der Waals surface area (Å²) in [5.74, 6) is -1.01. The van der Waals surface area contributed by atoms with Crippen molar-refractivity contribution >= 4 is 23.4 Å². The highest BCUT2D eigenvalue weighted by Crippen LogP contribution is 2.22. The van der Waals surface area contributed by atoms with Crippen molar-refractivity contribution in [1.29, 1.82) is 0 Å². The van der Waals surface area contributed by atoms with Gasteiger partial charge in [-0.2, -0.15) is 0 Å². The minimum absolute atomic E-state index is 0.0449. The van der Waals surface area contributed by atoms with Crippen LogP contribution in [0.5, 0.6) is 0 Å². The third-order valence-electron chi connectivity index (χ3n) is 3.58. The highest BCUT2D eigenvalue weighted by Gasteiger charge is 2.22. The van der Waals surface area contributed by atoms with Crippen molar-refractivity contribution < 1.29 is 14.4 Å². The number of carbonyl (C=O) groups is 3. The van der Waals surface area contributed by atoms with Crippen molar-refractivity contribution in [1.82, 2.24) is 20.8 Å². The molecule has 24 heavy (non-hydrogen) atoms. The minimum atomic E-state index is -0.567. The van der Waals surface area contributed by atoms with Crippen LogP contribution in [-0.4, -0.2) is 34.2 Å². The molecule has 0 saturated carbocycles. The third kappa shape index (κ3) is 3.37. The molecule has 1 saturated heterocycles. The number of anilines is 1. The quantitative estimate of drug-likeness (QED) is 0.808. The van der Waals surface area contributed by atoms with E-state index in [4.69, 9.17) is 0 Å². The molecular weight excluding hydrogens is 310 g/mol. The second kappa shape index (κ2) is 6.86. The molecule has 2 aromatic rings. The first-order valence-corrected chi connectivity index (χ1v) is 7.42. The predicted octanol–water partition coefficient (Wildman–Crippen LogP) is 0.678. The van der Waals surface area contributed by atoms with Crippen LogP contribution in [0, 0.1) is 0 Å². The fourth-order valence-corrected chi connectivity index (χ4v) is 2.40. The summed E-state index contributed by atoms with van der Waals surface area (Å²) in [4.78, 5) is 45.0. The van der Waals surface area contributed by atoms with E-state index in [1.807, 2.05) is 0 Å². The molecule has 2 heterocycles. The normalized spacial score (nSPS) is 13.7. The summed E-state index contributed by atoms with van der Waals surface area (Å²) in [6.45, 7) is 0.646. The van der Waals surface area contributed by atoms with E-state index in [1.54, 1.807) is 29.2 Å². The van der Waals surface area contributed by atoms with Gasteiger partial charge in [-0.15, -0.1) is 0 Å². The average molecular weight is 325 g/mol. The van der Waals surface area contributed by atoms with Gasteiger partial charge < -0.3 is 4.90 Å². The largest absolute Gasteiger partial charge is 0.312 e. The van der Waals surface area contributed by atoms with Crippen LogP contribution in [0.1, 0.15) is 33.7 Å². The zero-order valence-corrected chi connectivity index (χ0v) is 12.7. The molecule has 2 N–H and O–H groups in total. The van der Waals surface area contributed by atoms with Crippen LogP contribution < -0.4 is 15.8 Å². The molecule has 0 unspecified atom stereocenters. The van der Waals surface area contributed by atoms with Gasteiger partial charge in [-0.3, -0.25) is 30.2 Å². The number of hydrogen-bond donors (Lipinski definition) is 2. The fourth-order valence-electron chi connectivity index (χ4n) is 2.40. The third-order valence-corrected chi connectivity index (χ3v) is 3.58. The van der Waals surface area contributed by atoms with Gasteiger partial charge in [-0.25, -0.2) is 4.98 Å². The molecule has 0 aliphatic carbocycles. The lowest BCUT2D eigenvalue weighted by molar-refractivity contribution is -0.117. The van der Waals surface area contributed by atoms with Crippen LogP contribution in [0.2, 0.25) is 0 Å². The highest BCUT2D eigenvalue weighted by molar-refractivity contribution is 6.00. The van der Waals surface area contributed by atoms with Gasteiger partial charge in [-0.1, -0.05) is 6.07 Å².